The van der Waals surface area contributed by atoms with Gasteiger partial charge in [-0.2, -0.15) is 4.31 Å². The number of hydrogen-bond acceptors (Lipinski definition) is 5. The number of carbonyl (C=O) groups is 1. The Labute approximate surface area is 180 Å². The summed E-state index contributed by atoms with van der Waals surface area (Å²) in [6, 6.07) is 7.11. The van der Waals surface area contributed by atoms with Crippen LogP contribution in [-0.2, 0) is 21.4 Å². The van der Waals surface area contributed by atoms with Gasteiger partial charge in [0.15, 0.2) is 4.96 Å². The minimum absolute atomic E-state index is 0.0373. The zero-order valence-corrected chi connectivity index (χ0v) is 18.7. The molecule has 0 saturated carbocycles. The molecule has 1 aromatic carbocycles. The summed E-state index contributed by atoms with van der Waals surface area (Å²) in [5.41, 5.74) is 1.93. The van der Waals surface area contributed by atoms with Crippen molar-refractivity contribution in [2.75, 3.05) is 13.1 Å². The van der Waals surface area contributed by atoms with Gasteiger partial charge in [0.2, 0.25) is 15.9 Å². The molecule has 1 aliphatic rings. The number of benzene rings is 1. The summed E-state index contributed by atoms with van der Waals surface area (Å²) in [5.74, 6) is 0.141. The van der Waals surface area contributed by atoms with Crippen LogP contribution in [0.15, 0.2) is 46.9 Å². The number of nitrogens with one attached hydrogen (secondary N) is 1. The summed E-state index contributed by atoms with van der Waals surface area (Å²) in [7, 11) is -3.53. The zero-order chi connectivity index (χ0) is 21.3. The van der Waals surface area contributed by atoms with Crippen LogP contribution >= 0.6 is 11.3 Å². The number of aromatic nitrogens is 2. The predicted molar refractivity (Wildman–Crippen MR) is 117 cm³/mol. The van der Waals surface area contributed by atoms with E-state index in [1.165, 1.54) is 4.31 Å². The van der Waals surface area contributed by atoms with Gasteiger partial charge in [-0.3, -0.25) is 9.20 Å². The standard InChI is InChI=1S/C21H26N4O3S2/c1-15(2)16-3-5-19(6-4-16)30(27,28)25-9-7-17(8-10-25)20(26)22-13-18-14-24-11-12-29-21(24)23-18/h3-6,11-12,14-15,17H,7-10,13H2,1-2H3,(H,22,26). The second-order valence-electron chi connectivity index (χ2n) is 7.94. The van der Waals surface area contributed by atoms with Crippen molar-refractivity contribution in [3.63, 3.8) is 0 Å². The van der Waals surface area contributed by atoms with Crippen LogP contribution in [0.3, 0.4) is 0 Å². The lowest BCUT2D eigenvalue weighted by molar-refractivity contribution is -0.126. The Kier molecular flexibility index (Phi) is 5.95. The van der Waals surface area contributed by atoms with Crippen LogP contribution in [0, 0.1) is 5.92 Å². The van der Waals surface area contributed by atoms with E-state index in [9.17, 15) is 13.2 Å². The van der Waals surface area contributed by atoms with Crippen molar-refractivity contribution in [2.24, 2.45) is 5.92 Å². The molecule has 0 bridgehead atoms. The number of rotatable bonds is 6. The molecule has 2 aromatic heterocycles. The number of piperidine rings is 1. The van der Waals surface area contributed by atoms with Crippen LogP contribution in [0.25, 0.3) is 4.96 Å². The molecular formula is C21H26N4O3S2. The molecule has 1 aliphatic heterocycles. The molecule has 3 heterocycles. The van der Waals surface area contributed by atoms with Crippen LogP contribution in [0.2, 0.25) is 0 Å². The first-order valence-electron chi connectivity index (χ1n) is 10.1. The molecule has 1 N–H and O–H groups in total. The van der Waals surface area contributed by atoms with E-state index in [-0.39, 0.29) is 11.8 Å². The van der Waals surface area contributed by atoms with E-state index in [1.54, 1.807) is 23.5 Å². The van der Waals surface area contributed by atoms with Crippen molar-refractivity contribution in [1.29, 1.82) is 0 Å². The summed E-state index contributed by atoms with van der Waals surface area (Å²) in [6.07, 6.45) is 4.89. The number of imidazole rings is 1. The Bertz CT molecular complexity index is 1100. The van der Waals surface area contributed by atoms with Crippen LogP contribution in [-0.4, -0.2) is 41.1 Å². The van der Waals surface area contributed by atoms with E-state index < -0.39 is 10.0 Å². The highest BCUT2D eigenvalue weighted by Gasteiger charge is 2.32. The Balaban J connectivity index is 1.32. The quantitative estimate of drug-likeness (QED) is 0.630. The minimum Gasteiger partial charge on any atom is -0.350 e. The van der Waals surface area contributed by atoms with Crippen LogP contribution in [0.5, 0.6) is 0 Å². The van der Waals surface area contributed by atoms with Gasteiger partial charge in [0.05, 0.1) is 17.1 Å². The second kappa shape index (κ2) is 8.49. The Morgan fingerprint density at radius 2 is 1.93 bits per heavy atom. The Morgan fingerprint density at radius 3 is 2.57 bits per heavy atom. The molecule has 4 rings (SSSR count). The molecule has 0 atom stereocenters. The molecule has 0 aliphatic carbocycles. The fourth-order valence-corrected chi connectivity index (χ4v) is 5.90. The Hall–Kier alpha value is -2.23. The number of sulfonamides is 1. The lowest BCUT2D eigenvalue weighted by atomic mass is 9.97. The summed E-state index contributed by atoms with van der Waals surface area (Å²) < 4.78 is 29.3. The predicted octanol–water partition coefficient (Wildman–Crippen LogP) is 3.24. The number of carbonyl (C=O) groups excluding carboxylic acids is 1. The molecule has 0 unspecified atom stereocenters. The van der Waals surface area contributed by atoms with Gasteiger partial charge in [-0.15, -0.1) is 11.3 Å². The van der Waals surface area contributed by atoms with Crippen LogP contribution < -0.4 is 5.32 Å². The van der Waals surface area contributed by atoms with Crippen molar-refractivity contribution >= 4 is 32.2 Å². The topological polar surface area (TPSA) is 83.8 Å². The maximum absolute atomic E-state index is 12.9. The maximum Gasteiger partial charge on any atom is 0.243 e. The third-order valence-electron chi connectivity index (χ3n) is 5.60. The van der Waals surface area contributed by atoms with Gasteiger partial charge < -0.3 is 5.32 Å². The SMILES string of the molecule is CC(C)c1ccc(S(=O)(=O)N2CCC(C(=O)NCc3cn4ccsc4n3)CC2)cc1. The van der Waals surface area contributed by atoms with Gasteiger partial charge in [0.25, 0.3) is 0 Å². The number of fused-ring (bicyclic) bond motifs is 1. The highest BCUT2D eigenvalue weighted by atomic mass is 32.2. The fraction of sp³-hybridized carbons (Fsp3) is 0.429. The van der Waals surface area contributed by atoms with Gasteiger partial charge in [0.1, 0.15) is 0 Å². The van der Waals surface area contributed by atoms with Crippen molar-refractivity contribution in [3.05, 3.63) is 53.3 Å². The van der Waals surface area contributed by atoms with Crippen molar-refractivity contribution in [3.8, 4) is 0 Å². The summed E-state index contributed by atoms with van der Waals surface area (Å²) in [4.78, 5) is 18.2. The van der Waals surface area contributed by atoms with Crippen LogP contribution in [0.4, 0.5) is 0 Å². The molecule has 0 radical (unpaired) electrons. The highest BCUT2D eigenvalue weighted by molar-refractivity contribution is 7.89. The molecular weight excluding hydrogens is 420 g/mol. The monoisotopic (exact) mass is 446 g/mol. The fourth-order valence-electron chi connectivity index (χ4n) is 3.72. The van der Waals surface area contributed by atoms with Crippen molar-refractivity contribution < 1.29 is 13.2 Å². The maximum atomic E-state index is 12.9. The third-order valence-corrected chi connectivity index (χ3v) is 8.28. The van der Waals surface area contributed by atoms with Crippen LogP contribution in [0.1, 0.15) is 43.9 Å². The molecule has 160 valence electrons. The lowest BCUT2D eigenvalue weighted by Gasteiger charge is -2.30. The van der Waals surface area contributed by atoms with Crippen molar-refractivity contribution in [1.82, 2.24) is 19.0 Å². The first-order chi connectivity index (χ1) is 14.3. The van der Waals surface area contributed by atoms with E-state index in [2.05, 4.69) is 24.1 Å². The molecule has 9 heteroatoms. The molecule has 0 spiro atoms. The lowest BCUT2D eigenvalue weighted by Crippen LogP contribution is -2.42. The largest absolute Gasteiger partial charge is 0.350 e. The third kappa shape index (κ3) is 4.28. The average Bonchev–Trinajstić information content (AvgIpc) is 3.34. The Morgan fingerprint density at radius 1 is 1.23 bits per heavy atom. The van der Waals surface area contributed by atoms with Crippen molar-refractivity contribution in [2.45, 2.75) is 44.0 Å². The number of thiazole rings is 1. The van der Waals surface area contributed by atoms with E-state index in [1.807, 2.05) is 34.3 Å². The van der Waals surface area contributed by atoms with E-state index in [0.29, 0.717) is 43.3 Å². The van der Waals surface area contributed by atoms with E-state index >= 15 is 0 Å². The molecule has 3 aromatic rings. The molecule has 1 saturated heterocycles. The summed E-state index contributed by atoms with van der Waals surface area (Å²) in [5, 5.41) is 4.91. The smallest absolute Gasteiger partial charge is 0.243 e. The van der Waals surface area contributed by atoms with E-state index in [4.69, 9.17) is 0 Å². The second-order valence-corrected chi connectivity index (χ2v) is 10.8. The number of nitrogens with zero attached hydrogens (tertiary/aromatic N) is 3. The van der Waals surface area contributed by atoms with Gasteiger partial charge in [-0.05, 0) is 36.5 Å². The van der Waals surface area contributed by atoms with Gasteiger partial charge in [-0.1, -0.05) is 26.0 Å². The first kappa shape index (κ1) is 21.0. The van der Waals surface area contributed by atoms with Gasteiger partial charge in [0, 0.05) is 36.8 Å². The first-order valence-corrected chi connectivity index (χ1v) is 12.5. The average molecular weight is 447 g/mol. The highest BCUT2D eigenvalue weighted by Crippen LogP contribution is 2.25. The number of hydrogen-bond donors (Lipinski definition) is 1. The van der Waals surface area contributed by atoms with Gasteiger partial charge >= 0.3 is 0 Å². The summed E-state index contributed by atoms with van der Waals surface area (Å²) in [6.45, 7) is 5.25. The minimum atomic E-state index is -3.53. The van der Waals surface area contributed by atoms with Gasteiger partial charge in [-0.25, -0.2) is 13.4 Å². The molecule has 1 fully saturated rings. The number of amides is 1. The molecule has 7 nitrogen and oxygen atoms in total. The summed E-state index contributed by atoms with van der Waals surface area (Å²) >= 11 is 1.55. The normalized spacial score (nSPS) is 16.4. The zero-order valence-electron chi connectivity index (χ0n) is 17.1. The van der Waals surface area contributed by atoms with E-state index in [0.717, 1.165) is 16.2 Å². The molecule has 30 heavy (non-hydrogen) atoms. The molecule has 1 amide bonds.